The monoisotopic (exact) mass is 388 g/mol. The number of piperazine rings is 1. The molecule has 1 atom stereocenters. The van der Waals surface area contributed by atoms with E-state index in [-0.39, 0.29) is 23.7 Å². The van der Waals surface area contributed by atoms with Crippen LogP contribution in [-0.4, -0.2) is 60.5 Å². The normalized spacial score (nSPS) is 20.1. The van der Waals surface area contributed by atoms with E-state index in [2.05, 4.69) is 0 Å². The summed E-state index contributed by atoms with van der Waals surface area (Å²) >= 11 is 6.19. The minimum Gasteiger partial charge on any atom is -0.451 e. The fourth-order valence-corrected chi connectivity index (χ4v) is 3.75. The molecule has 2 aliphatic rings. The SMILES string of the molecule is O=C(c1ccc(-c2ccccc2Cl)o1)N1CCN(C(=O)C2CCCO2)CC1. The number of halogens is 1. The third-order valence-corrected chi connectivity index (χ3v) is 5.37. The molecule has 142 valence electrons. The zero-order chi connectivity index (χ0) is 18.8. The largest absolute Gasteiger partial charge is 0.451 e. The van der Waals surface area contributed by atoms with E-state index in [0.29, 0.717) is 43.6 Å². The van der Waals surface area contributed by atoms with Crippen LogP contribution in [0.2, 0.25) is 5.02 Å². The molecule has 3 heterocycles. The predicted molar refractivity (Wildman–Crippen MR) is 101 cm³/mol. The molecule has 27 heavy (non-hydrogen) atoms. The summed E-state index contributed by atoms with van der Waals surface area (Å²) in [6.45, 7) is 2.66. The summed E-state index contributed by atoms with van der Waals surface area (Å²) in [5, 5.41) is 0.576. The summed E-state index contributed by atoms with van der Waals surface area (Å²) in [6, 6.07) is 10.8. The second-order valence-electron chi connectivity index (χ2n) is 6.76. The lowest BCUT2D eigenvalue weighted by atomic mass is 10.2. The second kappa shape index (κ2) is 7.74. The first-order chi connectivity index (χ1) is 13.1. The molecule has 1 aromatic carbocycles. The number of ether oxygens (including phenoxy) is 1. The summed E-state index contributed by atoms with van der Waals surface area (Å²) in [5.41, 5.74) is 0.755. The lowest BCUT2D eigenvalue weighted by Gasteiger charge is -2.35. The molecule has 2 fully saturated rings. The fraction of sp³-hybridized carbons (Fsp3) is 0.400. The van der Waals surface area contributed by atoms with Gasteiger partial charge >= 0.3 is 0 Å². The van der Waals surface area contributed by atoms with Gasteiger partial charge in [0.25, 0.3) is 11.8 Å². The van der Waals surface area contributed by atoms with Gasteiger partial charge in [0, 0.05) is 38.3 Å². The molecule has 0 aliphatic carbocycles. The van der Waals surface area contributed by atoms with Gasteiger partial charge in [0.05, 0.1) is 5.02 Å². The number of benzene rings is 1. The molecule has 6 nitrogen and oxygen atoms in total. The van der Waals surface area contributed by atoms with Crippen molar-refractivity contribution in [3.63, 3.8) is 0 Å². The Balaban J connectivity index is 1.38. The van der Waals surface area contributed by atoms with Crippen LogP contribution in [0.15, 0.2) is 40.8 Å². The Morgan fingerprint density at radius 1 is 1.00 bits per heavy atom. The standard InChI is InChI=1S/C20H21ClN2O4/c21-15-5-2-1-4-14(15)16-7-8-18(27-16)20(25)23-11-9-22(10-12-23)19(24)17-6-3-13-26-17/h1-2,4-5,7-8,17H,3,6,9-13H2. The van der Waals surface area contributed by atoms with Crippen molar-refractivity contribution >= 4 is 23.4 Å². The molecule has 0 saturated carbocycles. The van der Waals surface area contributed by atoms with Crippen LogP contribution in [0.1, 0.15) is 23.4 Å². The van der Waals surface area contributed by atoms with Crippen LogP contribution >= 0.6 is 11.6 Å². The Bertz CT molecular complexity index is 836. The van der Waals surface area contributed by atoms with Crippen molar-refractivity contribution < 1.29 is 18.7 Å². The first-order valence-corrected chi connectivity index (χ1v) is 9.55. The molecule has 1 aromatic heterocycles. The van der Waals surface area contributed by atoms with Gasteiger partial charge in [-0.15, -0.1) is 0 Å². The number of hydrogen-bond donors (Lipinski definition) is 0. The lowest BCUT2D eigenvalue weighted by Crippen LogP contribution is -2.52. The van der Waals surface area contributed by atoms with Crippen molar-refractivity contribution in [3.05, 3.63) is 47.2 Å². The topological polar surface area (TPSA) is 63.0 Å². The highest BCUT2D eigenvalue weighted by atomic mass is 35.5. The van der Waals surface area contributed by atoms with Crippen LogP contribution < -0.4 is 0 Å². The van der Waals surface area contributed by atoms with E-state index in [1.54, 1.807) is 28.0 Å². The van der Waals surface area contributed by atoms with Crippen LogP contribution in [-0.2, 0) is 9.53 Å². The quantitative estimate of drug-likeness (QED) is 0.810. The Kier molecular flexibility index (Phi) is 5.18. The van der Waals surface area contributed by atoms with Gasteiger partial charge in [-0.25, -0.2) is 0 Å². The molecule has 0 bridgehead atoms. The smallest absolute Gasteiger partial charge is 0.289 e. The van der Waals surface area contributed by atoms with Crippen LogP contribution in [0, 0.1) is 0 Å². The van der Waals surface area contributed by atoms with Gasteiger partial charge in [-0.2, -0.15) is 0 Å². The molecular formula is C20H21ClN2O4. The van der Waals surface area contributed by atoms with Gasteiger partial charge in [0.15, 0.2) is 5.76 Å². The minimum absolute atomic E-state index is 0.0404. The maximum atomic E-state index is 12.7. The van der Waals surface area contributed by atoms with E-state index in [1.165, 1.54) is 0 Å². The number of rotatable bonds is 3. The molecule has 0 N–H and O–H groups in total. The Labute approximate surface area is 162 Å². The van der Waals surface area contributed by atoms with E-state index in [4.69, 9.17) is 20.8 Å². The zero-order valence-electron chi connectivity index (χ0n) is 14.9. The molecule has 0 spiro atoms. The van der Waals surface area contributed by atoms with E-state index in [0.717, 1.165) is 18.4 Å². The summed E-state index contributed by atoms with van der Waals surface area (Å²) in [5.74, 6) is 0.719. The van der Waals surface area contributed by atoms with Crippen molar-refractivity contribution in [2.24, 2.45) is 0 Å². The molecule has 1 unspecified atom stereocenters. The molecule has 2 aromatic rings. The second-order valence-corrected chi connectivity index (χ2v) is 7.17. The maximum Gasteiger partial charge on any atom is 0.289 e. The Morgan fingerprint density at radius 3 is 2.44 bits per heavy atom. The molecule has 2 saturated heterocycles. The van der Waals surface area contributed by atoms with Crippen molar-refractivity contribution in [2.45, 2.75) is 18.9 Å². The number of carbonyl (C=O) groups excluding carboxylic acids is 2. The van der Waals surface area contributed by atoms with Gasteiger partial charge in [0.1, 0.15) is 11.9 Å². The molecule has 0 radical (unpaired) electrons. The summed E-state index contributed by atoms with van der Waals surface area (Å²) in [7, 11) is 0. The van der Waals surface area contributed by atoms with Crippen LogP contribution in [0.3, 0.4) is 0 Å². The summed E-state index contributed by atoms with van der Waals surface area (Å²) in [4.78, 5) is 28.6. The average Bonchev–Trinajstić information content (AvgIpc) is 3.39. The van der Waals surface area contributed by atoms with Gasteiger partial charge in [-0.3, -0.25) is 9.59 Å². The molecular weight excluding hydrogens is 368 g/mol. The van der Waals surface area contributed by atoms with Crippen molar-refractivity contribution in [2.75, 3.05) is 32.8 Å². The first kappa shape index (κ1) is 18.1. The van der Waals surface area contributed by atoms with Crippen LogP contribution in [0.25, 0.3) is 11.3 Å². The van der Waals surface area contributed by atoms with Gasteiger partial charge in [-0.05, 0) is 37.1 Å². The van der Waals surface area contributed by atoms with Crippen molar-refractivity contribution in [3.8, 4) is 11.3 Å². The van der Waals surface area contributed by atoms with Crippen molar-refractivity contribution in [1.29, 1.82) is 0 Å². The minimum atomic E-state index is -0.310. The predicted octanol–water partition coefficient (Wildman–Crippen LogP) is 3.06. The molecule has 4 rings (SSSR count). The van der Waals surface area contributed by atoms with Crippen LogP contribution in [0.5, 0.6) is 0 Å². The van der Waals surface area contributed by atoms with E-state index in [9.17, 15) is 9.59 Å². The number of amides is 2. The third kappa shape index (κ3) is 3.73. The van der Waals surface area contributed by atoms with Crippen molar-refractivity contribution in [1.82, 2.24) is 9.80 Å². The van der Waals surface area contributed by atoms with Gasteiger partial charge in [0.2, 0.25) is 0 Å². The number of carbonyl (C=O) groups is 2. The van der Waals surface area contributed by atoms with E-state index >= 15 is 0 Å². The van der Waals surface area contributed by atoms with Gasteiger partial charge < -0.3 is 19.0 Å². The van der Waals surface area contributed by atoms with Gasteiger partial charge in [-0.1, -0.05) is 23.7 Å². The van der Waals surface area contributed by atoms with E-state index in [1.807, 2.05) is 18.2 Å². The highest BCUT2D eigenvalue weighted by molar-refractivity contribution is 6.33. The molecule has 7 heteroatoms. The van der Waals surface area contributed by atoms with Crippen LogP contribution in [0.4, 0.5) is 0 Å². The Hall–Kier alpha value is -2.31. The average molecular weight is 389 g/mol. The third-order valence-electron chi connectivity index (χ3n) is 5.04. The highest BCUT2D eigenvalue weighted by Crippen LogP contribution is 2.29. The number of hydrogen-bond acceptors (Lipinski definition) is 4. The molecule has 2 amide bonds. The fourth-order valence-electron chi connectivity index (χ4n) is 3.52. The highest BCUT2D eigenvalue weighted by Gasteiger charge is 2.32. The Morgan fingerprint density at radius 2 is 1.74 bits per heavy atom. The van der Waals surface area contributed by atoms with E-state index < -0.39 is 0 Å². The first-order valence-electron chi connectivity index (χ1n) is 9.18. The zero-order valence-corrected chi connectivity index (χ0v) is 15.7. The lowest BCUT2D eigenvalue weighted by molar-refractivity contribution is -0.142. The summed E-state index contributed by atoms with van der Waals surface area (Å²) in [6.07, 6.45) is 1.41. The maximum absolute atomic E-state index is 12.7. The summed E-state index contributed by atoms with van der Waals surface area (Å²) < 4.78 is 11.2. The molecule has 2 aliphatic heterocycles. The number of nitrogens with zero attached hydrogens (tertiary/aromatic N) is 2. The number of furan rings is 1.